The van der Waals surface area contributed by atoms with Crippen molar-refractivity contribution in [1.29, 1.82) is 0 Å². The summed E-state index contributed by atoms with van der Waals surface area (Å²) in [6.45, 7) is 0. The van der Waals surface area contributed by atoms with Crippen LogP contribution in [0.3, 0.4) is 0 Å². The van der Waals surface area contributed by atoms with Crippen LogP contribution in [-0.2, 0) is 17.6 Å². The number of pyridine rings is 1. The maximum atomic E-state index is 11.9. The van der Waals surface area contributed by atoms with Gasteiger partial charge in [0.25, 0.3) is 5.78 Å². The second-order valence-corrected chi connectivity index (χ2v) is 4.67. The molecular weight excluding hydrogens is 284 g/mol. The summed E-state index contributed by atoms with van der Waals surface area (Å²) in [6.07, 6.45) is 5.02. The number of hydrogen-bond donors (Lipinski definition) is 1. The normalized spacial score (nSPS) is 10.5. The molecule has 0 saturated carbocycles. The molecule has 0 atom stereocenters. The lowest BCUT2D eigenvalue weighted by Gasteiger charge is -1.95. The van der Waals surface area contributed by atoms with Crippen molar-refractivity contribution < 1.29 is 14.0 Å². The van der Waals surface area contributed by atoms with E-state index in [0.717, 1.165) is 11.3 Å². The van der Waals surface area contributed by atoms with Gasteiger partial charge in [-0.3, -0.25) is 19.7 Å². The lowest BCUT2D eigenvalue weighted by Crippen LogP contribution is -2.17. The molecule has 7 heteroatoms. The van der Waals surface area contributed by atoms with Crippen LogP contribution < -0.4 is 0 Å². The molecule has 0 saturated heterocycles. The van der Waals surface area contributed by atoms with Crippen LogP contribution in [0.1, 0.15) is 27.6 Å². The quantitative estimate of drug-likeness (QED) is 0.544. The third-order valence-electron chi connectivity index (χ3n) is 3.03. The number of furan rings is 1. The van der Waals surface area contributed by atoms with Crippen molar-refractivity contribution in [1.82, 2.24) is 20.2 Å². The van der Waals surface area contributed by atoms with Crippen LogP contribution in [-0.4, -0.2) is 31.7 Å². The Morgan fingerprint density at radius 1 is 1.23 bits per heavy atom. The number of nitrogens with one attached hydrogen (secondary N) is 1. The molecule has 110 valence electrons. The van der Waals surface area contributed by atoms with Crippen LogP contribution >= 0.6 is 0 Å². The Hall–Kier alpha value is -3.09. The van der Waals surface area contributed by atoms with Crippen LogP contribution in [0.4, 0.5) is 0 Å². The van der Waals surface area contributed by atoms with E-state index < -0.39 is 11.6 Å². The molecule has 0 aliphatic rings. The molecule has 3 aromatic rings. The zero-order valence-corrected chi connectivity index (χ0v) is 11.5. The van der Waals surface area contributed by atoms with Gasteiger partial charge in [-0.15, -0.1) is 5.10 Å². The smallest absolute Gasteiger partial charge is 0.268 e. The Balaban J connectivity index is 1.64. The van der Waals surface area contributed by atoms with E-state index >= 15 is 0 Å². The van der Waals surface area contributed by atoms with Gasteiger partial charge in [0, 0.05) is 18.3 Å². The zero-order valence-electron chi connectivity index (χ0n) is 11.5. The fourth-order valence-corrected chi connectivity index (χ4v) is 2.00. The van der Waals surface area contributed by atoms with Crippen LogP contribution in [0.15, 0.2) is 47.5 Å². The first-order chi connectivity index (χ1) is 10.7. The molecule has 7 nitrogen and oxygen atoms in total. The lowest BCUT2D eigenvalue weighted by atomic mass is 10.1. The van der Waals surface area contributed by atoms with Gasteiger partial charge in [0.05, 0.1) is 12.7 Å². The average Bonchev–Trinajstić information content (AvgIpc) is 3.19. The van der Waals surface area contributed by atoms with Crippen LogP contribution in [0, 0.1) is 0 Å². The van der Waals surface area contributed by atoms with Gasteiger partial charge < -0.3 is 4.42 Å². The fourth-order valence-electron chi connectivity index (χ4n) is 2.00. The molecule has 0 amide bonds. The molecule has 0 bridgehead atoms. The van der Waals surface area contributed by atoms with Crippen LogP contribution in [0.25, 0.3) is 0 Å². The van der Waals surface area contributed by atoms with Crippen molar-refractivity contribution >= 4 is 11.6 Å². The Labute approximate surface area is 125 Å². The Morgan fingerprint density at radius 2 is 2.14 bits per heavy atom. The van der Waals surface area contributed by atoms with Gasteiger partial charge in [0.15, 0.2) is 0 Å². The minimum Gasteiger partial charge on any atom is -0.469 e. The van der Waals surface area contributed by atoms with Crippen molar-refractivity contribution in [2.45, 2.75) is 12.8 Å². The van der Waals surface area contributed by atoms with Gasteiger partial charge in [-0.1, -0.05) is 6.07 Å². The zero-order chi connectivity index (χ0) is 15.4. The molecule has 1 N–H and O–H groups in total. The highest BCUT2D eigenvalue weighted by Gasteiger charge is 2.21. The summed E-state index contributed by atoms with van der Waals surface area (Å²) in [6, 6.07) is 7.41. The lowest BCUT2D eigenvalue weighted by molar-refractivity contribution is -0.114. The highest BCUT2D eigenvalue weighted by Crippen LogP contribution is 2.13. The van der Waals surface area contributed by atoms with Gasteiger partial charge in [-0.2, -0.15) is 0 Å². The maximum absolute atomic E-state index is 11.9. The molecule has 0 aliphatic carbocycles. The predicted molar refractivity (Wildman–Crippen MR) is 75.2 cm³/mol. The summed E-state index contributed by atoms with van der Waals surface area (Å²) >= 11 is 0. The molecule has 0 radical (unpaired) electrons. The molecule has 0 unspecified atom stereocenters. The molecule has 0 fully saturated rings. The summed E-state index contributed by atoms with van der Waals surface area (Å²) in [4.78, 5) is 31.5. The number of Topliss-reactive ketones (excluding diaryl/α,β-unsaturated/α-hetero) is 2. The third kappa shape index (κ3) is 3.14. The fraction of sp³-hybridized carbons (Fsp3) is 0.133. The molecule has 0 aromatic carbocycles. The second kappa shape index (κ2) is 6.13. The molecular formula is C15H12N4O3. The Kier molecular flexibility index (Phi) is 3.86. The summed E-state index contributed by atoms with van der Waals surface area (Å²) in [5, 5.41) is 5.99. The number of carbonyl (C=O) groups excluding carboxylic acids is 2. The van der Waals surface area contributed by atoms with E-state index in [0.29, 0.717) is 12.2 Å². The minimum atomic E-state index is -0.732. The summed E-state index contributed by atoms with van der Waals surface area (Å²) in [7, 11) is 0. The van der Waals surface area contributed by atoms with Gasteiger partial charge in [-0.05, 0) is 23.8 Å². The number of aromatic nitrogens is 4. The average molecular weight is 296 g/mol. The summed E-state index contributed by atoms with van der Waals surface area (Å²) in [5.74, 6) is -1.05. The molecule has 0 aliphatic heterocycles. The topological polar surface area (TPSA) is 102 Å². The monoisotopic (exact) mass is 296 g/mol. The van der Waals surface area contributed by atoms with E-state index in [2.05, 4.69) is 20.2 Å². The first-order valence-corrected chi connectivity index (χ1v) is 6.62. The van der Waals surface area contributed by atoms with Crippen molar-refractivity contribution in [3.05, 3.63) is 65.9 Å². The molecule has 22 heavy (non-hydrogen) atoms. The Morgan fingerprint density at radius 3 is 2.86 bits per heavy atom. The van der Waals surface area contributed by atoms with E-state index in [1.54, 1.807) is 18.5 Å². The number of carbonyl (C=O) groups is 2. The number of ketones is 2. The summed E-state index contributed by atoms with van der Waals surface area (Å²) in [5.41, 5.74) is 1.80. The van der Waals surface area contributed by atoms with Crippen LogP contribution in [0.5, 0.6) is 0 Å². The third-order valence-corrected chi connectivity index (χ3v) is 3.03. The number of aromatic amines is 1. The first-order valence-electron chi connectivity index (χ1n) is 6.62. The minimum absolute atomic E-state index is 0.115. The van der Waals surface area contributed by atoms with Gasteiger partial charge in [-0.25, -0.2) is 4.98 Å². The highest BCUT2D eigenvalue weighted by atomic mass is 16.3. The molecule has 0 spiro atoms. The van der Waals surface area contributed by atoms with E-state index in [-0.39, 0.29) is 12.2 Å². The van der Waals surface area contributed by atoms with E-state index in [1.807, 2.05) is 18.2 Å². The van der Waals surface area contributed by atoms with Gasteiger partial charge >= 0.3 is 0 Å². The Bertz CT molecular complexity index is 778. The number of H-pyrrole nitrogens is 1. The van der Waals surface area contributed by atoms with Crippen molar-refractivity contribution in [2.75, 3.05) is 0 Å². The standard InChI is InChI=1S/C15H12N4O3/c20-13(14(21)15-17-9-18-19-15)7-12-6-10(8-22-12)5-11-3-1-2-4-16-11/h1-4,6,8-9H,5,7H2,(H,17,18,19). The van der Waals surface area contributed by atoms with Gasteiger partial charge in [0.2, 0.25) is 11.6 Å². The second-order valence-electron chi connectivity index (χ2n) is 4.67. The van der Waals surface area contributed by atoms with Crippen molar-refractivity contribution in [3.8, 4) is 0 Å². The van der Waals surface area contributed by atoms with Crippen molar-refractivity contribution in [3.63, 3.8) is 0 Å². The van der Waals surface area contributed by atoms with E-state index in [4.69, 9.17) is 4.42 Å². The maximum Gasteiger partial charge on any atom is 0.268 e. The number of rotatable bonds is 6. The number of hydrogen-bond acceptors (Lipinski definition) is 6. The SMILES string of the molecule is O=C(Cc1cc(Cc2ccccn2)co1)C(=O)c1nc[nH]n1. The first kappa shape index (κ1) is 13.9. The summed E-state index contributed by atoms with van der Waals surface area (Å²) < 4.78 is 5.33. The molecule has 3 aromatic heterocycles. The van der Waals surface area contributed by atoms with E-state index in [9.17, 15) is 9.59 Å². The predicted octanol–water partition coefficient (Wildman–Crippen LogP) is 1.38. The van der Waals surface area contributed by atoms with E-state index in [1.165, 1.54) is 6.33 Å². The molecule has 3 rings (SSSR count). The largest absolute Gasteiger partial charge is 0.469 e. The van der Waals surface area contributed by atoms with Crippen LogP contribution in [0.2, 0.25) is 0 Å². The van der Waals surface area contributed by atoms with Gasteiger partial charge in [0.1, 0.15) is 12.1 Å². The molecule has 3 heterocycles. The highest BCUT2D eigenvalue weighted by molar-refractivity contribution is 6.42. The van der Waals surface area contributed by atoms with Crippen molar-refractivity contribution in [2.24, 2.45) is 0 Å². The number of nitrogens with zero attached hydrogens (tertiary/aromatic N) is 3.